The van der Waals surface area contributed by atoms with Crippen LogP contribution in [-0.4, -0.2) is 65.4 Å². The van der Waals surface area contributed by atoms with Crippen LogP contribution in [0.15, 0.2) is 0 Å². The van der Waals surface area contributed by atoms with Gasteiger partial charge in [-0.2, -0.15) is 8.42 Å². The first-order valence-corrected chi connectivity index (χ1v) is 15.7. The van der Waals surface area contributed by atoms with Gasteiger partial charge >= 0.3 is 0 Å². The average molecular weight is 516 g/mol. The number of aliphatic hydroxyl groups excluding tert-OH is 3. The number of fused-ring (bicyclic) bond motifs is 5. The molecule has 0 amide bonds. The molecule has 0 aromatic heterocycles. The lowest BCUT2D eigenvalue weighted by Gasteiger charge is -2.63. The van der Waals surface area contributed by atoms with Gasteiger partial charge < -0.3 is 20.6 Å². The third-order valence-corrected chi connectivity index (χ3v) is 12.1. The predicted molar refractivity (Wildman–Crippen MR) is 136 cm³/mol. The van der Waals surface area contributed by atoms with Crippen LogP contribution in [0.1, 0.15) is 85.0 Å². The van der Waals surface area contributed by atoms with Crippen molar-refractivity contribution in [3.05, 3.63) is 0 Å². The molecule has 4 aliphatic carbocycles. The summed E-state index contributed by atoms with van der Waals surface area (Å²) in [7, 11) is -3.88. The lowest BCUT2D eigenvalue weighted by atomic mass is 9.43. The van der Waals surface area contributed by atoms with Gasteiger partial charge in [0.25, 0.3) is 10.1 Å². The molecule has 0 saturated heterocycles. The van der Waals surface area contributed by atoms with Crippen molar-refractivity contribution < 1.29 is 28.3 Å². The Morgan fingerprint density at radius 3 is 2.40 bits per heavy atom. The maximum absolute atomic E-state index is 11.7. The summed E-state index contributed by atoms with van der Waals surface area (Å²) in [5.74, 6) is 1.99. The van der Waals surface area contributed by atoms with E-state index in [2.05, 4.69) is 26.1 Å². The first-order valence-electron chi connectivity index (χ1n) is 14.1. The van der Waals surface area contributed by atoms with Crippen LogP contribution in [0.25, 0.3) is 0 Å². The van der Waals surface area contributed by atoms with Crippen molar-refractivity contribution in [2.45, 2.75) is 103 Å². The molecule has 0 spiro atoms. The SMILES string of the molecule is CC(CCCNCCCS(=O)(=O)O)C1CCC2C3C(O)CC4CC(O)CCC4(C)C3CC(O)C12C. The van der Waals surface area contributed by atoms with Crippen molar-refractivity contribution in [1.82, 2.24) is 5.32 Å². The molecular weight excluding hydrogens is 466 g/mol. The molecule has 0 radical (unpaired) electrons. The van der Waals surface area contributed by atoms with E-state index >= 15 is 0 Å². The van der Waals surface area contributed by atoms with Crippen molar-refractivity contribution in [2.75, 3.05) is 18.8 Å². The van der Waals surface area contributed by atoms with Crippen LogP contribution in [0, 0.1) is 46.3 Å². The van der Waals surface area contributed by atoms with Crippen LogP contribution in [-0.2, 0) is 10.1 Å². The summed E-state index contributed by atoms with van der Waals surface area (Å²) in [6, 6.07) is 0. The summed E-state index contributed by atoms with van der Waals surface area (Å²) in [6.45, 7) is 8.38. The summed E-state index contributed by atoms with van der Waals surface area (Å²) in [6.07, 6.45) is 7.92. The fourth-order valence-corrected chi connectivity index (χ4v) is 9.90. The number of aliphatic hydroxyl groups is 3. The van der Waals surface area contributed by atoms with E-state index in [4.69, 9.17) is 4.55 Å². The minimum absolute atomic E-state index is 0.107. The predicted octanol–water partition coefficient (Wildman–Crippen LogP) is 3.23. The second kappa shape index (κ2) is 10.5. The Kier molecular flexibility index (Phi) is 8.32. The molecule has 0 heterocycles. The van der Waals surface area contributed by atoms with E-state index in [9.17, 15) is 23.7 Å². The molecule has 0 bridgehead atoms. The number of hydrogen-bond donors (Lipinski definition) is 5. The summed E-state index contributed by atoms with van der Waals surface area (Å²) in [5, 5.41) is 36.6. The van der Waals surface area contributed by atoms with E-state index in [1.54, 1.807) is 0 Å². The van der Waals surface area contributed by atoms with Crippen molar-refractivity contribution >= 4 is 10.1 Å². The van der Waals surface area contributed by atoms with E-state index in [0.717, 1.165) is 64.3 Å². The molecule has 5 N–H and O–H groups in total. The fraction of sp³-hybridized carbons (Fsp3) is 1.00. The third-order valence-electron chi connectivity index (χ3n) is 11.3. The minimum atomic E-state index is -3.88. The largest absolute Gasteiger partial charge is 0.393 e. The van der Waals surface area contributed by atoms with Crippen molar-refractivity contribution in [2.24, 2.45) is 46.3 Å². The van der Waals surface area contributed by atoms with Crippen LogP contribution >= 0.6 is 0 Å². The third kappa shape index (κ3) is 5.35. The first-order chi connectivity index (χ1) is 16.4. The molecule has 0 aromatic carbocycles. The van der Waals surface area contributed by atoms with Crippen LogP contribution in [0.3, 0.4) is 0 Å². The highest BCUT2D eigenvalue weighted by Gasteiger charge is 2.65. The van der Waals surface area contributed by atoms with Gasteiger partial charge in [0.15, 0.2) is 0 Å². The first kappa shape index (κ1) is 27.8. The van der Waals surface area contributed by atoms with Crippen molar-refractivity contribution in [1.29, 1.82) is 0 Å². The van der Waals surface area contributed by atoms with E-state index < -0.39 is 10.1 Å². The summed E-state index contributed by atoms with van der Waals surface area (Å²) >= 11 is 0. The van der Waals surface area contributed by atoms with Gasteiger partial charge in [0.1, 0.15) is 0 Å². The highest BCUT2D eigenvalue weighted by atomic mass is 32.2. The second-order valence-corrected chi connectivity index (χ2v) is 14.6. The minimum Gasteiger partial charge on any atom is -0.393 e. The summed E-state index contributed by atoms with van der Waals surface area (Å²) < 4.78 is 30.5. The average Bonchev–Trinajstić information content (AvgIpc) is 3.13. The number of nitrogens with one attached hydrogen (secondary N) is 1. The maximum atomic E-state index is 11.7. The molecule has 7 nitrogen and oxygen atoms in total. The Morgan fingerprint density at radius 1 is 0.971 bits per heavy atom. The van der Waals surface area contributed by atoms with Crippen LogP contribution < -0.4 is 5.32 Å². The van der Waals surface area contributed by atoms with Gasteiger partial charge in [-0.3, -0.25) is 4.55 Å². The topological polar surface area (TPSA) is 127 Å². The Morgan fingerprint density at radius 2 is 1.69 bits per heavy atom. The molecule has 4 aliphatic rings. The quantitative estimate of drug-likeness (QED) is 0.236. The van der Waals surface area contributed by atoms with Crippen molar-refractivity contribution in [3.8, 4) is 0 Å². The molecule has 4 saturated carbocycles. The highest BCUT2D eigenvalue weighted by molar-refractivity contribution is 7.85. The van der Waals surface area contributed by atoms with E-state index in [1.165, 1.54) is 0 Å². The van der Waals surface area contributed by atoms with Crippen LogP contribution in [0.4, 0.5) is 0 Å². The van der Waals surface area contributed by atoms with Crippen molar-refractivity contribution in [3.63, 3.8) is 0 Å². The van der Waals surface area contributed by atoms with Gasteiger partial charge in [-0.05, 0) is 124 Å². The summed E-state index contributed by atoms with van der Waals surface area (Å²) in [5.41, 5.74) is -0.0575. The fourth-order valence-electron chi connectivity index (χ4n) is 9.39. The van der Waals surface area contributed by atoms with E-state index in [-0.39, 0.29) is 40.8 Å². The molecule has 11 unspecified atom stereocenters. The lowest BCUT2D eigenvalue weighted by Crippen LogP contribution is -2.62. The Bertz CT molecular complexity index is 838. The van der Waals surface area contributed by atoms with Gasteiger partial charge in [-0.1, -0.05) is 20.8 Å². The summed E-state index contributed by atoms with van der Waals surface area (Å²) in [4.78, 5) is 0. The zero-order valence-electron chi connectivity index (χ0n) is 21.9. The zero-order valence-corrected chi connectivity index (χ0v) is 22.7. The smallest absolute Gasteiger partial charge is 0.264 e. The van der Waals surface area contributed by atoms with Gasteiger partial charge in [-0.25, -0.2) is 0 Å². The Balaban J connectivity index is 1.37. The molecular formula is C27H49NO6S. The molecule has 204 valence electrons. The van der Waals surface area contributed by atoms with Gasteiger partial charge in [0.2, 0.25) is 0 Å². The lowest BCUT2D eigenvalue weighted by molar-refractivity contribution is -0.207. The zero-order chi connectivity index (χ0) is 25.6. The Labute approximate surface area is 212 Å². The number of hydrogen-bond acceptors (Lipinski definition) is 6. The van der Waals surface area contributed by atoms with Gasteiger partial charge in [-0.15, -0.1) is 0 Å². The normalized spacial score (nSPS) is 46.5. The monoisotopic (exact) mass is 515 g/mol. The van der Waals surface area contributed by atoms with Gasteiger partial charge in [0, 0.05) is 0 Å². The van der Waals surface area contributed by atoms with Crippen LogP contribution in [0.5, 0.6) is 0 Å². The molecule has 8 heteroatoms. The van der Waals surface area contributed by atoms with E-state index in [0.29, 0.717) is 42.6 Å². The standard InChI is InChI=1S/C27H49NO6S/c1-17(6-4-11-28-12-5-13-35(32,33)34)20-7-8-21-25-22(16-24(31)27(20,21)3)26(2)10-9-19(29)14-18(26)15-23(25)30/h17-25,28-31H,4-16H2,1-3H3,(H,32,33,34). The highest BCUT2D eigenvalue weighted by Crippen LogP contribution is 2.68. The molecule has 0 aromatic rings. The molecule has 35 heavy (non-hydrogen) atoms. The van der Waals surface area contributed by atoms with Crippen LogP contribution in [0.2, 0.25) is 0 Å². The molecule has 4 rings (SSSR count). The molecule has 11 atom stereocenters. The maximum Gasteiger partial charge on any atom is 0.264 e. The van der Waals surface area contributed by atoms with Gasteiger partial charge in [0.05, 0.1) is 24.1 Å². The molecule has 0 aliphatic heterocycles. The van der Waals surface area contributed by atoms with E-state index in [1.807, 2.05) is 0 Å². The Hall–Kier alpha value is -0.250. The molecule has 4 fully saturated rings. The second-order valence-electron chi connectivity index (χ2n) is 13.0. The number of rotatable bonds is 9.